The number of unbranched alkanes of at least 4 members (excludes halogenated alkanes) is 3. The lowest BCUT2D eigenvalue weighted by atomic mass is 10.2. The third kappa shape index (κ3) is 11.7. The Bertz CT molecular complexity index is 131. The van der Waals surface area contributed by atoms with Gasteiger partial charge in [-0.1, -0.05) is 26.2 Å². The Labute approximate surface area is 86.5 Å². The monoisotopic (exact) mass is 209 g/mol. The molecule has 0 saturated carbocycles. The van der Waals surface area contributed by atoms with E-state index in [1.54, 1.807) is 0 Å². The van der Waals surface area contributed by atoms with Crippen LogP contribution in [0.5, 0.6) is 0 Å². The molecule has 0 unspecified atom stereocenters. The van der Waals surface area contributed by atoms with Gasteiger partial charge in [0.2, 0.25) is 0 Å². The molecular formula is C9H20ClNO2. The van der Waals surface area contributed by atoms with Crippen LogP contribution in [0.4, 0.5) is 0 Å². The fraction of sp³-hybridized carbons (Fsp3) is 0.889. The first-order valence-corrected chi connectivity index (χ1v) is 4.57. The van der Waals surface area contributed by atoms with Crippen LogP contribution < -0.4 is 0 Å². The summed E-state index contributed by atoms with van der Waals surface area (Å²) in [5.41, 5.74) is 0. The smallest absolute Gasteiger partial charge is 0.317 e. The summed E-state index contributed by atoms with van der Waals surface area (Å²) in [6, 6.07) is 0. The number of hydrogen-bond acceptors (Lipinski definition) is 2. The number of halogens is 1. The maximum absolute atomic E-state index is 10.3. The van der Waals surface area contributed by atoms with Crippen LogP contribution in [0.1, 0.15) is 32.6 Å². The molecule has 0 bridgehead atoms. The summed E-state index contributed by atoms with van der Waals surface area (Å²) >= 11 is 0. The highest BCUT2D eigenvalue weighted by atomic mass is 35.5. The normalized spacial score (nSPS) is 9.77. The maximum Gasteiger partial charge on any atom is 0.317 e. The van der Waals surface area contributed by atoms with Crippen LogP contribution in [-0.2, 0) is 4.79 Å². The van der Waals surface area contributed by atoms with Gasteiger partial charge in [-0.15, -0.1) is 12.4 Å². The zero-order valence-electron chi connectivity index (χ0n) is 8.45. The van der Waals surface area contributed by atoms with Crippen LogP contribution in [0.2, 0.25) is 0 Å². The Kier molecular flexibility index (Phi) is 11.5. The van der Waals surface area contributed by atoms with E-state index in [9.17, 15) is 4.79 Å². The molecule has 0 fully saturated rings. The van der Waals surface area contributed by atoms with Crippen molar-refractivity contribution < 1.29 is 9.90 Å². The minimum absolute atomic E-state index is 0. The zero-order chi connectivity index (χ0) is 9.40. The van der Waals surface area contributed by atoms with Crippen molar-refractivity contribution in [3.8, 4) is 0 Å². The number of rotatable bonds is 7. The molecule has 13 heavy (non-hydrogen) atoms. The largest absolute Gasteiger partial charge is 0.480 e. The van der Waals surface area contributed by atoms with Crippen LogP contribution in [-0.4, -0.2) is 36.1 Å². The van der Waals surface area contributed by atoms with Gasteiger partial charge in [-0.05, 0) is 20.0 Å². The van der Waals surface area contributed by atoms with E-state index in [1.807, 2.05) is 11.9 Å². The predicted octanol–water partition coefficient (Wildman–Crippen LogP) is 2.00. The SMILES string of the molecule is CCCCCCN(C)CC(=O)O.Cl. The van der Waals surface area contributed by atoms with E-state index in [4.69, 9.17) is 5.11 Å². The molecule has 0 aromatic carbocycles. The number of aliphatic carboxylic acids is 1. The molecule has 0 aromatic rings. The molecule has 4 heteroatoms. The summed E-state index contributed by atoms with van der Waals surface area (Å²) in [7, 11) is 1.85. The Morgan fingerprint density at radius 2 is 1.92 bits per heavy atom. The van der Waals surface area contributed by atoms with Gasteiger partial charge in [0, 0.05) is 0 Å². The lowest BCUT2D eigenvalue weighted by molar-refractivity contribution is -0.137. The highest BCUT2D eigenvalue weighted by molar-refractivity contribution is 5.85. The minimum Gasteiger partial charge on any atom is -0.480 e. The van der Waals surface area contributed by atoms with Gasteiger partial charge in [0.1, 0.15) is 0 Å². The van der Waals surface area contributed by atoms with Crippen LogP contribution in [0, 0.1) is 0 Å². The van der Waals surface area contributed by atoms with Gasteiger partial charge >= 0.3 is 5.97 Å². The number of carboxylic acid groups (broad SMARTS) is 1. The Hall–Kier alpha value is -0.280. The van der Waals surface area contributed by atoms with E-state index in [0.717, 1.165) is 13.0 Å². The van der Waals surface area contributed by atoms with Crippen molar-refractivity contribution >= 4 is 18.4 Å². The van der Waals surface area contributed by atoms with Crippen molar-refractivity contribution in [2.24, 2.45) is 0 Å². The van der Waals surface area contributed by atoms with Crippen LogP contribution >= 0.6 is 12.4 Å². The maximum atomic E-state index is 10.3. The Balaban J connectivity index is 0. The molecular weight excluding hydrogens is 190 g/mol. The van der Waals surface area contributed by atoms with E-state index in [-0.39, 0.29) is 19.0 Å². The van der Waals surface area contributed by atoms with Crippen LogP contribution in [0.3, 0.4) is 0 Å². The molecule has 0 radical (unpaired) electrons. The van der Waals surface area contributed by atoms with Crippen molar-refractivity contribution in [1.82, 2.24) is 4.90 Å². The minimum atomic E-state index is -0.743. The fourth-order valence-electron chi connectivity index (χ4n) is 1.12. The molecule has 0 saturated heterocycles. The third-order valence-corrected chi connectivity index (χ3v) is 1.80. The standard InChI is InChI=1S/C9H19NO2.ClH/c1-3-4-5-6-7-10(2)8-9(11)12;/h3-8H2,1-2H3,(H,11,12);1H. The zero-order valence-corrected chi connectivity index (χ0v) is 9.27. The highest BCUT2D eigenvalue weighted by Crippen LogP contribution is 1.99. The topological polar surface area (TPSA) is 40.5 Å². The van der Waals surface area contributed by atoms with Crippen LogP contribution in [0.25, 0.3) is 0 Å². The number of carbonyl (C=O) groups is 1. The fourth-order valence-corrected chi connectivity index (χ4v) is 1.12. The van der Waals surface area contributed by atoms with Crippen LogP contribution in [0.15, 0.2) is 0 Å². The van der Waals surface area contributed by atoms with E-state index in [0.29, 0.717) is 0 Å². The molecule has 0 amide bonds. The molecule has 0 rings (SSSR count). The van der Waals surface area contributed by atoms with E-state index in [1.165, 1.54) is 19.3 Å². The van der Waals surface area contributed by atoms with E-state index in [2.05, 4.69) is 6.92 Å². The van der Waals surface area contributed by atoms with Gasteiger partial charge in [-0.3, -0.25) is 9.69 Å². The summed E-state index contributed by atoms with van der Waals surface area (Å²) in [5, 5.41) is 8.44. The third-order valence-electron chi connectivity index (χ3n) is 1.80. The second kappa shape index (κ2) is 9.81. The first kappa shape index (κ1) is 15.2. The van der Waals surface area contributed by atoms with Crippen molar-refractivity contribution in [1.29, 1.82) is 0 Å². The summed E-state index contributed by atoms with van der Waals surface area (Å²) < 4.78 is 0. The molecule has 0 heterocycles. The lowest BCUT2D eigenvalue weighted by Crippen LogP contribution is -2.26. The second-order valence-corrected chi connectivity index (χ2v) is 3.19. The number of hydrogen-bond donors (Lipinski definition) is 1. The number of likely N-dealkylation sites (N-methyl/N-ethyl adjacent to an activating group) is 1. The number of nitrogens with zero attached hydrogens (tertiary/aromatic N) is 1. The van der Waals surface area contributed by atoms with Crippen molar-refractivity contribution in [2.75, 3.05) is 20.1 Å². The molecule has 0 spiro atoms. The van der Waals surface area contributed by atoms with Gasteiger partial charge in [0.25, 0.3) is 0 Å². The summed E-state index contributed by atoms with van der Waals surface area (Å²) in [6.45, 7) is 3.22. The molecule has 80 valence electrons. The van der Waals surface area contributed by atoms with Gasteiger partial charge in [-0.25, -0.2) is 0 Å². The molecule has 1 N–H and O–H groups in total. The van der Waals surface area contributed by atoms with E-state index >= 15 is 0 Å². The predicted molar refractivity (Wildman–Crippen MR) is 56.5 cm³/mol. The second-order valence-electron chi connectivity index (χ2n) is 3.19. The van der Waals surface area contributed by atoms with Gasteiger partial charge < -0.3 is 5.11 Å². The quantitative estimate of drug-likeness (QED) is 0.653. The molecule has 0 atom stereocenters. The summed E-state index contributed by atoms with van der Waals surface area (Å²) in [4.78, 5) is 12.1. The summed E-state index contributed by atoms with van der Waals surface area (Å²) in [6.07, 6.45) is 4.79. The molecule has 3 nitrogen and oxygen atoms in total. The first-order chi connectivity index (χ1) is 5.66. The highest BCUT2D eigenvalue weighted by Gasteiger charge is 2.02. The van der Waals surface area contributed by atoms with Crippen molar-refractivity contribution in [2.45, 2.75) is 32.6 Å². The van der Waals surface area contributed by atoms with Gasteiger partial charge in [0.15, 0.2) is 0 Å². The Morgan fingerprint density at radius 3 is 2.38 bits per heavy atom. The van der Waals surface area contributed by atoms with Gasteiger partial charge in [0.05, 0.1) is 6.54 Å². The van der Waals surface area contributed by atoms with Gasteiger partial charge in [-0.2, -0.15) is 0 Å². The number of carboxylic acids is 1. The molecule has 0 aliphatic heterocycles. The average Bonchev–Trinajstić information content (AvgIpc) is 1.97. The average molecular weight is 210 g/mol. The molecule has 0 aliphatic carbocycles. The lowest BCUT2D eigenvalue weighted by Gasteiger charge is -2.12. The Morgan fingerprint density at radius 1 is 1.31 bits per heavy atom. The summed E-state index contributed by atoms with van der Waals surface area (Å²) in [5.74, 6) is -0.743. The van der Waals surface area contributed by atoms with E-state index < -0.39 is 5.97 Å². The van der Waals surface area contributed by atoms with Crippen molar-refractivity contribution in [3.63, 3.8) is 0 Å². The first-order valence-electron chi connectivity index (χ1n) is 4.57. The molecule has 0 aliphatic rings. The van der Waals surface area contributed by atoms with Crippen molar-refractivity contribution in [3.05, 3.63) is 0 Å². The molecule has 0 aromatic heterocycles.